The van der Waals surface area contributed by atoms with Gasteiger partial charge in [0.1, 0.15) is 34.5 Å². The number of ether oxygens (including phenoxy) is 3. The predicted molar refractivity (Wildman–Crippen MR) is 466 cm³/mol. The van der Waals surface area contributed by atoms with Gasteiger partial charge in [0.15, 0.2) is 17.5 Å². The fraction of sp³-hybridized carbons (Fsp3) is 0.242. The quantitative estimate of drug-likeness (QED) is 0.151. The minimum absolute atomic E-state index is 0.0334. The molecule has 0 radical (unpaired) electrons. The summed E-state index contributed by atoms with van der Waals surface area (Å²) in [5, 5.41) is 0. The molecule has 6 aliphatic heterocycles. The lowest BCUT2D eigenvalue weighted by Gasteiger charge is -2.40. The summed E-state index contributed by atoms with van der Waals surface area (Å²) in [6.45, 7) is 40.5. The summed E-state index contributed by atoms with van der Waals surface area (Å²) in [4.78, 5) is 24.8. The molecule has 12 heteroatoms. The second-order valence-electron chi connectivity index (χ2n) is 37.7. The van der Waals surface area contributed by atoms with Gasteiger partial charge in [-0.15, -0.1) is 0 Å². The van der Waals surface area contributed by atoms with E-state index in [0.29, 0.717) is 17.5 Å². The first-order valence-electron chi connectivity index (χ1n) is 39.6. The number of aromatic nitrogens is 3. The van der Waals surface area contributed by atoms with E-state index in [1.54, 1.807) is 0 Å². The van der Waals surface area contributed by atoms with Crippen LogP contribution in [0.25, 0.3) is 34.2 Å². The molecule has 6 aliphatic rings. The molecule has 12 aromatic carbocycles. The fourth-order valence-corrected chi connectivity index (χ4v) is 17.8. The van der Waals surface area contributed by atoms with Crippen molar-refractivity contribution in [3.05, 3.63) is 270 Å². The maximum atomic E-state index is 7.07. The fourth-order valence-electron chi connectivity index (χ4n) is 17.8. The molecule has 111 heavy (non-hydrogen) atoms. The lowest BCUT2D eigenvalue weighted by Crippen LogP contribution is -2.59. The molecule has 7 heterocycles. The lowest BCUT2D eigenvalue weighted by atomic mass is 9.34. The smallest absolute Gasteiger partial charge is 0.256 e. The topological polar surface area (TPSA) is 76.1 Å². The third-order valence-electron chi connectivity index (χ3n) is 24.1. The zero-order valence-corrected chi connectivity index (χ0v) is 67.2. The predicted octanol–water partition coefficient (Wildman–Crippen LogP) is 19.9. The van der Waals surface area contributed by atoms with Gasteiger partial charge in [0.05, 0.1) is 0 Å². The summed E-state index contributed by atoms with van der Waals surface area (Å²) in [6, 6.07) is 88.2. The maximum Gasteiger partial charge on any atom is 0.256 e. The third kappa shape index (κ3) is 11.5. The van der Waals surface area contributed by atoms with Crippen LogP contribution in [0.4, 0.5) is 51.2 Å². The van der Waals surface area contributed by atoms with Gasteiger partial charge in [-0.1, -0.05) is 234 Å². The highest BCUT2D eigenvalue weighted by Gasteiger charge is 2.47. The van der Waals surface area contributed by atoms with Crippen LogP contribution < -0.4 is 78.1 Å². The van der Waals surface area contributed by atoms with Crippen LogP contribution in [-0.2, 0) is 32.5 Å². The van der Waals surface area contributed by atoms with Gasteiger partial charge >= 0.3 is 0 Å². The molecule has 13 aromatic rings. The summed E-state index contributed by atoms with van der Waals surface area (Å²) >= 11 is 0. The van der Waals surface area contributed by atoms with E-state index < -0.39 is 0 Å². The van der Waals surface area contributed by atoms with Crippen molar-refractivity contribution in [2.45, 2.75) is 157 Å². The molecule has 0 unspecified atom stereocenters. The zero-order valence-electron chi connectivity index (χ0n) is 67.2. The largest absolute Gasteiger partial charge is 0.458 e. The van der Waals surface area contributed by atoms with Crippen molar-refractivity contribution in [3.8, 4) is 68.7 Å². The van der Waals surface area contributed by atoms with Crippen LogP contribution in [0.15, 0.2) is 237 Å². The molecule has 0 amide bonds. The molecule has 0 spiro atoms. The van der Waals surface area contributed by atoms with Crippen LogP contribution in [0.2, 0.25) is 0 Å². The molecule has 19 rings (SSSR count). The molecule has 0 saturated carbocycles. The average molecular weight is 1450 g/mol. The molecule has 546 valence electrons. The Bertz CT molecular complexity index is 5450. The minimum Gasteiger partial charge on any atom is -0.458 e. The number of benzene rings is 12. The van der Waals surface area contributed by atoms with Gasteiger partial charge < -0.3 is 28.9 Å². The van der Waals surface area contributed by atoms with Crippen molar-refractivity contribution in [1.82, 2.24) is 15.0 Å². The monoisotopic (exact) mass is 1450 g/mol. The molecule has 0 aliphatic carbocycles. The van der Waals surface area contributed by atoms with Crippen LogP contribution in [0.3, 0.4) is 0 Å². The first-order chi connectivity index (χ1) is 52.8. The highest BCUT2D eigenvalue weighted by Crippen LogP contribution is 2.48. The molecule has 0 fully saturated rings. The van der Waals surface area contributed by atoms with Crippen molar-refractivity contribution < 1.29 is 14.2 Å². The number of hydrogen-bond acceptors (Lipinski definition) is 9. The molecule has 0 N–H and O–H groups in total. The van der Waals surface area contributed by atoms with Gasteiger partial charge in [0.25, 0.3) is 20.1 Å². The summed E-state index contributed by atoms with van der Waals surface area (Å²) in [7, 11) is 0. The Labute approximate surface area is 656 Å². The number of fused-ring (bicyclic) bond motifs is 12. The Morgan fingerprint density at radius 2 is 0.468 bits per heavy atom. The van der Waals surface area contributed by atoms with Crippen LogP contribution in [0, 0.1) is 0 Å². The van der Waals surface area contributed by atoms with E-state index >= 15 is 0 Å². The summed E-state index contributed by atoms with van der Waals surface area (Å²) < 4.78 is 21.2. The van der Waals surface area contributed by atoms with Gasteiger partial charge in [0, 0.05) is 67.9 Å². The Hall–Kier alpha value is -11.4. The Balaban J connectivity index is 0.863. The van der Waals surface area contributed by atoms with Gasteiger partial charge in [0.2, 0.25) is 0 Å². The zero-order chi connectivity index (χ0) is 77.1. The van der Waals surface area contributed by atoms with Gasteiger partial charge in [-0.25, -0.2) is 15.0 Å². The van der Waals surface area contributed by atoms with E-state index in [9.17, 15) is 0 Å². The molecule has 1 aromatic heterocycles. The summed E-state index contributed by atoms with van der Waals surface area (Å²) in [6.07, 6.45) is 0. The number of rotatable bonds is 6. The summed E-state index contributed by atoms with van der Waals surface area (Å²) in [5.74, 6) is 6.79. The summed E-state index contributed by atoms with van der Waals surface area (Å²) in [5.41, 5.74) is 29.5. The second kappa shape index (κ2) is 24.6. The average Bonchev–Trinajstić information content (AvgIpc) is 0.717. The van der Waals surface area contributed by atoms with Crippen molar-refractivity contribution in [2.24, 2.45) is 0 Å². The first kappa shape index (κ1) is 70.1. The maximum absolute atomic E-state index is 7.07. The Morgan fingerprint density at radius 3 is 0.712 bits per heavy atom. The third-order valence-corrected chi connectivity index (χ3v) is 24.1. The minimum atomic E-state index is -0.201. The number of hydrogen-bond donors (Lipinski definition) is 0. The van der Waals surface area contributed by atoms with E-state index in [-0.39, 0.29) is 52.6 Å². The Morgan fingerprint density at radius 1 is 0.225 bits per heavy atom. The normalized spacial score (nSPS) is 14.3. The molecular weight excluding hydrogens is 1350 g/mol. The molecular formula is C99H93B3N6O3. The molecule has 0 atom stereocenters. The van der Waals surface area contributed by atoms with Crippen LogP contribution in [0.5, 0.6) is 34.5 Å². The van der Waals surface area contributed by atoms with Gasteiger partial charge in [-0.05, 0) is 242 Å². The van der Waals surface area contributed by atoms with Gasteiger partial charge in [-0.2, -0.15) is 0 Å². The van der Waals surface area contributed by atoms with Crippen LogP contribution in [-0.4, -0.2) is 35.1 Å². The van der Waals surface area contributed by atoms with Crippen molar-refractivity contribution in [2.75, 3.05) is 14.7 Å². The highest BCUT2D eigenvalue weighted by atomic mass is 16.5. The van der Waals surface area contributed by atoms with Crippen molar-refractivity contribution in [3.63, 3.8) is 0 Å². The van der Waals surface area contributed by atoms with Gasteiger partial charge in [-0.3, -0.25) is 0 Å². The molecule has 0 saturated heterocycles. The SMILES string of the molecule is CC(C)(C)c1ccc(N2c3ccc(-c4nc(-c5ccc6c(c5)B5c7cc(C(C)(C)C)ccc7Oc7cccc(c75)N6c5ccc(C(C)(C)C)cc5)nc(-c5ccc6c(c5)B5c7cc(C(C)(C)C)ccc7Oc7cccc(c75)N6c5ccc(C(C)(C)C)cc5)n4)cc3B3c4cc(C(C)(C)C)ccc4Oc4cccc2c43)cc1. The standard InChI is InChI=1S/C99H93B3N6O3/c1-94(2,3)61-31-40-67(41-32-61)106-76-46-28-58(52-70(76)100-73-55-64(97(10,11)12)37-49-82(73)109-85-25-19-22-79(106)88(85)100)91-103-92(59-29-47-77-71(53-59)101-74-56-65(98(13,14)15)38-50-83(74)110-86-26-20-23-80(89(86)101)107(77)68-42-33-62(34-43-68)95(4,5)6)105-93(104-91)60-30-48-78-72(54-60)102-75-57-66(99(16,17)18)39-51-84(75)111-87-27-21-24-81(90(87)102)108(78)69-44-35-63(36-45-69)96(7,8)9/h19-57H,1-18H3. The Kier molecular flexibility index (Phi) is 15.5. The van der Waals surface area contributed by atoms with Crippen LogP contribution >= 0.6 is 0 Å². The lowest BCUT2D eigenvalue weighted by molar-refractivity contribution is 0.486. The van der Waals surface area contributed by atoms with Crippen molar-refractivity contribution in [1.29, 1.82) is 0 Å². The molecule has 0 bridgehead atoms. The molecule has 9 nitrogen and oxygen atoms in total. The second-order valence-corrected chi connectivity index (χ2v) is 37.7. The number of nitrogens with zero attached hydrogens (tertiary/aromatic N) is 6. The van der Waals surface area contributed by atoms with Crippen LogP contribution in [0.1, 0.15) is 158 Å². The first-order valence-corrected chi connectivity index (χ1v) is 39.6. The van der Waals surface area contributed by atoms with E-state index in [0.717, 1.165) is 152 Å². The van der Waals surface area contributed by atoms with E-state index in [2.05, 4.69) is 376 Å². The van der Waals surface area contributed by atoms with E-state index in [1.165, 1.54) is 33.4 Å². The van der Waals surface area contributed by atoms with Crippen molar-refractivity contribution >= 4 is 120 Å². The number of anilines is 9. The van der Waals surface area contributed by atoms with E-state index in [1.807, 2.05) is 0 Å². The highest BCUT2D eigenvalue weighted by molar-refractivity contribution is 7.01. The van der Waals surface area contributed by atoms with E-state index in [4.69, 9.17) is 29.2 Å².